The number of hydrogen-bond donors (Lipinski definition) is 2. The Bertz CT molecular complexity index is 192. The summed E-state index contributed by atoms with van der Waals surface area (Å²) >= 11 is 0. The highest BCUT2D eigenvalue weighted by atomic mass is 15.1. The van der Waals surface area contributed by atoms with E-state index >= 15 is 0 Å². The predicted octanol–water partition coefficient (Wildman–Crippen LogP) is -0.0289. The number of nitrogens with one attached hydrogen (secondary N) is 1. The highest BCUT2D eigenvalue weighted by Crippen LogP contribution is 2.13. The van der Waals surface area contributed by atoms with Crippen molar-refractivity contribution in [3.05, 3.63) is 18.0 Å². The fraction of sp³-hybridized carbons (Fsp3) is 0.571. The number of aromatic nitrogens is 2. The van der Waals surface area contributed by atoms with Gasteiger partial charge in [0.05, 0.1) is 6.20 Å². The van der Waals surface area contributed by atoms with Crippen LogP contribution in [0.15, 0.2) is 12.4 Å². The van der Waals surface area contributed by atoms with Crippen molar-refractivity contribution < 1.29 is 0 Å². The van der Waals surface area contributed by atoms with Gasteiger partial charge in [-0.2, -0.15) is 5.10 Å². The van der Waals surface area contributed by atoms with Crippen LogP contribution in [-0.2, 0) is 0 Å². The maximum Gasteiger partial charge on any atom is 0.0535 e. The second kappa shape index (κ2) is 3.50. The lowest BCUT2D eigenvalue weighted by Gasteiger charge is -2.20. The van der Waals surface area contributed by atoms with Crippen molar-refractivity contribution in [2.75, 3.05) is 20.6 Å². The van der Waals surface area contributed by atoms with Gasteiger partial charge in [0.2, 0.25) is 0 Å². The molecule has 0 aromatic carbocycles. The monoisotopic (exact) mass is 154 g/mol. The maximum absolute atomic E-state index is 5.58. The zero-order valence-corrected chi connectivity index (χ0v) is 6.91. The molecule has 0 saturated carbocycles. The average molecular weight is 154 g/mol. The van der Waals surface area contributed by atoms with Crippen molar-refractivity contribution in [2.45, 2.75) is 6.04 Å². The number of hydrogen-bond acceptors (Lipinski definition) is 3. The second-order valence-corrected chi connectivity index (χ2v) is 2.75. The van der Waals surface area contributed by atoms with Crippen LogP contribution in [0.5, 0.6) is 0 Å². The Kier molecular flexibility index (Phi) is 2.62. The van der Waals surface area contributed by atoms with Crippen LogP contribution in [0.4, 0.5) is 0 Å². The zero-order valence-electron chi connectivity index (χ0n) is 6.91. The smallest absolute Gasteiger partial charge is 0.0535 e. The molecule has 0 saturated heterocycles. The molecular weight excluding hydrogens is 140 g/mol. The van der Waals surface area contributed by atoms with Crippen LogP contribution in [-0.4, -0.2) is 35.7 Å². The summed E-state index contributed by atoms with van der Waals surface area (Å²) in [6, 6.07) is 0.272. The number of aromatic amines is 1. The quantitative estimate of drug-likeness (QED) is 0.643. The summed E-state index contributed by atoms with van der Waals surface area (Å²) < 4.78 is 0. The van der Waals surface area contributed by atoms with E-state index in [-0.39, 0.29) is 6.04 Å². The van der Waals surface area contributed by atoms with Gasteiger partial charge in [0.25, 0.3) is 0 Å². The van der Waals surface area contributed by atoms with Crippen molar-refractivity contribution in [3.8, 4) is 0 Å². The lowest BCUT2D eigenvalue weighted by Crippen LogP contribution is -2.26. The van der Waals surface area contributed by atoms with Crippen LogP contribution in [0.2, 0.25) is 0 Å². The highest BCUT2D eigenvalue weighted by molar-refractivity contribution is 5.09. The van der Waals surface area contributed by atoms with E-state index in [0.29, 0.717) is 6.54 Å². The minimum atomic E-state index is 0.272. The summed E-state index contributed by atoms with van der Waals surface area (Å²) in [6.45, 7) is 0.618. The van der Waals surface area contributed by atoms with E-state index in [1.807, 2.05) is 20.3 Å². The van der Waals surface area contributed by atoms with E-state index in [0.717, 1.165) is 5.56 Å². The third kappa shape index (κ3) is 1.78. The standard InChI is InChI=1S/C7H14N4/c1-11(2)7(3-8)6-4-9-10-5-6/h4-5,7H,3,8H2,1-2H3,(H,9,10). The van der Waals surface area contributed by atoms with Gasteiger partial charge in [-0.15, -0.1) is 0 Å². The Hall–Kier alpha value is -0.870. The van der Waals surface area contributed by atoms with Crippen LogP contribution in [0.3, 0.4) is 0 Å². The predicted molar refractivity (Wildman–Crippen MR) is 44.1 cm³/mol. The molecule has 1 unspecified atom stereocenters. The van der Waals surface area contributed by atoms with E-state index in [4.69, 9.17) is 5.73 Å². The Balaban J connectivity index is 2.71. The van der Waals surface area contributed by atoms with E-state index < -0.39 is 0 Å². The zero-order chi connectivity index (χ0) is 8.27. The third-order valence-corrected chi connectivity index (χ3v) is 1.75. The summed E-state index contributed by atoms with van der Waals surface area (Å²) in [5, 5.41) is 6.63. The largest absolute Gasteiger partial charge is 0.329 e. The van der Waals surface area contributed by atoms with Crippen molar-refractivity contribution in [2.24, 2.45) is 5.73 Å². The van der Waals surface area contributed by atoms with Gasteiger partial charge in [-0.1, -0.05) is 0 Å². The van der Waals surface area contributed by atoms with Gasteiger partial charge < -0.3 is 10.6 Å². The van der Waals surface area contributed by atoms with Gasteiger partial charge >= 0.3 is 0 Å². The number of rotatable bonds is 3. The van der Waals surface area contributed by atoms with E-state index in [1.165, 1.54) is 0 Å². The normalized spacial score (nSPS) is 13.8. The van der Waals surface area contributed by atoms with Crippen LogP contribution in [0, 0.1) is 0 Å². The molecule has 1 aromatic rings. The minimum Gasteiger partial charge on any atom is -0.329 e. The molecule has 0 radical (unpaired) electrons. The molecule has 1 aromatic heterocycles. The summed E-state index contributed by atoms with van der Waals surface area (Å²) in [7, 11) is 4.01. The average Bonchev–Trinajstić information content (AvgIpc) is 2.40. The molecule has 1 rings (SSSR count). The van der Waals surface area contributed by atoms with Crippen molar-refractivity contribution in [1.82, 2.24) is 15.1 Å². The van der Waals surface area contributed by atoms with Gasteiger partial charge in [0.15, 0.2) is 0 Å². The lowest BCUT2D eigenvalue weighted by atomic mass is 10.1. The molecule has 0 fully saturated rings. The fourth-order valence-electron chi connectivity index (χ4n) is 1.09. The minimum absolute atomic E-state index is 0.272. The van der Waals surface area contributed by atoms with Gasteiger partial charge in [-0.05, 0) is 14.1 Å². The number of H-pyrrole nitrogens is 1. The molecule has 4 nitrogen and oxygen atoms in total. The third-order valence-electron chi connectivity index (χ3n) is 1.75. The first-order valence-corrected chi connectivity index (χ1v) is 3.61. The van der Waals surface area contributed by atoms with Gasteiger partial charge in [0.1, 0.15) is 0 Å². The molecule has 62 valence electrons. The van der Waals surface area contributed by atoms with Gasteiger partial charge in [-0.25, -0.2) is 0 Å². The van der Waals surface area contributed by atoms with Crippen LogP contribution >= 0.6 is 0 Å². The van der Waals surface area contributed by atoms with E-state index in [1.54, 1.807) is 6.20 Å². The molecule has 0 bridgehead atoms. The summed E-state index contributed by atoms with van der Waals surface area (Å²) in [5.41, 5.74) is 6.72. The van der Waals surface area contributed by atoms with Crippen molar-refractivity contribution in [3.63, 3.8) is 0 Å². The molecule has 0 aliphatic heterocycles. The molecule has 1 heterocycles. The topological polar surface area (TPSA) is 57.9 Å². The molecule has 1 atom stereocenters. The highest BCUT2D eigenvalue weighted by Gasteiger charge is 2.11. The van der Waals surface area contributed by atoms with E-state index in [9.17, 15) is 0 Å². The van der Waals surface area contributed by atoms with Crippen molar-refractivity contribution in [1.29, 1.82) is 0 Å². The summed E-state index contributed by atoms with van der Waals surface area (Å²) in [4.78, 5) is 2.07. The lowest BCUT2D eigenvalue weighted by molar-refractivity contribution is 0.306. The fourth-order valence-corrected chi connectivity index (χ4v) is 1.09. The van der Waals surface area contributed by atoms with Gasteiger partial charge in [0, 0.05) is 24.3 Å². The SMILES string of the molecule is CN(C)C(CN)c1cn[nH]c1. The van der Waals surface area contributed by atoms with Crippen LogP contribution < -0.4 is 5.73 Å². The summed E-state index contributed by atoms with van der Waals surface area (Å²) in [5.74, 6) is 0. The molecule has 0 aliphatic carbocycles. The van der Waals surface area contributed by atoms with Crippen LogP contribution in [0.25, 0.3) is 0 Å². The second-order valence-electron chi connectivity index (χ2n) is 2.75. The Morgan fingerprint density at radius 1 is 1.73 bits per heavy atom. The first-order valence-electron chi connectivity index (χ1n) is 3.61. The molecule has 0 amide bonds. The molecule has 4 heteroatoms. The molecular formula is C7H14N4. The molecule has 0 spiro atoms. The van der Waals surface area contributed by atoms with E-state index in [2.05, 4.69) is 15.1 Å². The number of nitrogens with zero attached hydrogens (tertiary/aromatic N) is 2. The summed E-state index contributed by atoms with van der Waals surface area (Å²) in [6.07, 6.45) is 3.68. The number of likely N-dealkylation sites (N-methyl/N-ethyl adjacent to an activating group) is 1. The van der Waals surface area contributed by atoms with Crippen LogP contribution in [0.1, 0.15) is 11.6 Å². The molecule has 11 heavy (non-hydrogen) atoms. The van der Waals surface area contributed by atoms with Crippen molar-refractivity contribution >= 4 is 0 Å². The Labute approximate surface area is 66.4 Å². The first kappa shape index (κ1) is 8.23. The Morgan fingerprint density at radius 2 is 2.45 bits per heavy atom. The number of nitrogens with two attached hydrogens (primary N) is 1. The molecule has 3 N–H and O–H groups in total. The first-order chi connectivity index (χ1) is 5.25. The molecule has 0 aliphatic rings. The van der Waals surface area contributed by atoms with Gasteiger partial charge in [-0.3, -0.25) is 5.10 Å². The maximum atomic E-state index is 5.58. The Morgan fingerprint density at radius 3 is 2.82 bits per heavy atom.